The number of hydrogen-bond acceptors (Lipinski definition) is 6. The average Bonchev–Trinajstić information content (AvgIpc) is 3.39. The fourth-order valence-corrected chi connectivity index (χ4v) is 4.48. The molecule has 1 unspecified atom stereocenters. The Balaban J connectivity index is 1.54. The Morgan fingerprint density at radius 3 is 2.78 bits per heavy atom. The van der Waals surface area contributed by atoms with Crippen molar-refractivity contribution in [1.82, 2.24) is 19.3 Å². The van der Waals surface area contributed by atoms with Crippen LogP contribution in [-0.2, 0) is 28.5 Å². The molecule has 170 valence electrons. The summed E-state index contributed by atoms with van der Waals surface area (Å²) in [6.07, 6.45) is 1.90. The Kier molecular flexibility index (Phi) is 6.39. The van der Waals surface area contributed by atoms with Crippen LogP contribution in [0.3, 0.4) is 0 Å². The Labute approximate surface area is 191 Å². The van der Waals surface area contributed by atoms with Gasteiger partial charge < -0.3 is 10.1 Å². The number of carbonyl (C=O) groups is 1. The minimum absolute atomic E-state index is 0.00546. The number of aryl methyl sites for hydroxylation is 1. The second-order valence-electron chi connectivity index (χ2n) is 9.09. The number of carbonyl (C=O) groups excluding carboxylic acids is 1. The third-order valence-corrected chi connectivity index (χ3v) is 6.46. The Bertz CT molecular complexity index is 1190. The van der Waals surface area contributed by atoms with Crippen molar-refractivity contribution >= 4 is 34.4 Å². The van der Waals surface area contributed by atoms with Crippen molar-refractivity contribution < 1.29 is 9.53 Å². The van der Waals surface area contributed by atoms with E-state index in [9.17, 15) is 9.59 Å². The average molecular weight is 456 g/mol. The fraction of sp³-hybridized carbons (Fsp3) is 0.478. The van der Waals surface area contributed by atoms with Crippen LogP contribution in [0.25, 0.3) is 10.9 Å². The molecule has 1 aromatic carbocycles. The number of aromatic nitrogens is 4. The number of ether oxygens (including phenoxy) is 1. The van der Waals surface area contributed by atoms with E-state index in [1.165, 1.54) is 11.8 Å². The van der Waals surface area contributed by atoms with Gasteiger partial charge in [0, 0.05) is 25.1 Å². The summed E-state index contributed by atoms with van der Waals surface area (Å²) in [4.78, 5) is 30.5. The van der Waals surface area contributed by atoms with Gasteiger partial charge in [-0.05, 0) is 25.0 Å². The highest BCUT2D eigenvalue weighted by Gasteiger charge is 2.22. The molecule has 1 amide bonds. The summed E-state index contributed by atoms with van der Waals surface area (Å²) in [5, 5.41) is 8.51. The number of para-hydroxylation sites is 1. The van der Waals surface area contributed by atoms with Gasteiger partial charge >= 0.3 is 0 Å². The van der Waals surface area contributed by atoms with Gasteiger partial charge in [0.15, 0.2) is 5.16 Å². The number of nitrogens with zero attached hydrogens (tertiary/aromatic N) is 4. The van der Waals surface area contributed by atoms with Crippen molar-refractivity contribution in [3.8, 4) is 0 Å². The first kappa shape index (κ1) is 22.5. The number of amides is 1. The molecular formula is C23H29N5O3S. The number of hydrogen-bond donors (Lipinski definition) is 1. The van der Waals surface area contributed by atoms with Gasteiger partial charge in [0.25, 0.3) is 5.56 Å². The zero-order chi connectivity index (χ0) is 22.9. The first-order valence-electron chi connectivity index (χ1n) is 10.8. The molecule has 1 aliphatic rings. The highest BCUT2D eigenvalue weighted by Crippen LogP contribution is 2.24. The molecule has 32 heavy (non-hydrogen) atoms. The van der Waals surface area contributed by atoms with Crippen LogP contribution in [0.4, 0.5) is 5.82 Å². The molecule has 1 aliphatic heterocycles. The molecule has 1 saturated heterocycles. The first-order valence-corrected chi connectivity index (χ1v) is 11.8. The molecule has 0 saturated carbocycles. The summed E-state index contributed by atoms with van der Waals surface area (Å²) in [7, 11) is 1.81. The van der Waals surface area contributed by atoms with Gasteiger partial charge in [-0.3, -0.25) is 18.8 Å². The van der Waals surface area contributed by atoms with Crippen LogP contribution in [0.5, 0.6) is 0 Å². The largest absolute Gasteiger partial charge is 0.376 e. The van der Waals surface area contributed by atoms with Gasteiger partial charge in [-0.1, -0.05) is 44.7 Å². The van der Waals surface area contributed by atoms with Crippen LogP contribution in [0, 0.1) is 0 Å². The molecule has 4 rings (SSSR count). The van der Waals surface area contributed by atoms with Gasteiger partial charge in [-0.25, -0.2) is 4.98 Å². The zero-order valence-corrected chi connectivity index (χ0v) is 19.7. The lowest BCUT2D eigenvalue weighted by Gasteiger charge is -2.16. The summed E-state index contributed by atoms with van der Waals surface area (Å²) in [6.45, 7) is 7.39. The zero-order valence-electron chi connectivity index (χ0n) is 18.9. The van der Waals surface area contributed by atoms with E-state index in [2.05, 4.69) is 36.2 Å². The number of fused-ring (bicyclic) bond motifs is 1. The second-order valence-corrected chi connectivity index (χ2v) is 10.0. The van der Waals surface area contributed by atoms with E-state index in [1.807, 2.05) is 31.3 Å². The molecular weight excluding hydrogens is 426 g/mol. The van der Waals surface area contributed by atoms with Crippen LogP contribution in [0.2, 0.25) is 0 Å². The molecule has 0 spiro atoms. The first-order chi connectivity index (χ1) is 15.2. The van der Waals surface area contributed by atoms with Gasteiger partial charge in [0.1, 0.15) is 5.82 Å². The minimum Gasteiger partial charge on any atom is -0.376 e. The third-order valence-electron chi connectivity index (χ3n) is 5.48. The maximum atomic E-state index is 13.2. The lowest BCUT2D eigenvalue weighted by atomic mass is 9.92. The standard InChI is InChI=1S/C23H29N5O3S/c1-23(2,3)18-12-19(27(4)26-18)25-20(29)14-32-22-24-17-10-6-5-9-16(17)21(30)28(22)13-15-8-7-11-31-15/h5-6,9-10,12,15H,7-8,11,13-14H2,1-4H3,(H,25,29). The van der Waals surface area contributed by atoms with Crippen molar-refractivity contribution in [2.75, 3.05) is 17.7 Å². The second kappa shape index (κ2) is 9.07. The van der Waals surface area contributed by atoms with E-state index in [0.717, 1.165) is 18.5 Å². The van der Waals surface area contributed by atoms with Gasteiger partial charge in [0.2, 0.25) is 5.91 Å². The Morgan fingerprint density at radius 1 is 1.31 bits per heavy atom. The molecule has 8 nitrogen and oxygen atoms in total. The number of benzene rings is 1. The van der Waals surface area contributed by atoms with E-state index in [1.54, 1.807) is 15.3 Å². The molecule has 2 aromatic heterocycles. The van der Waals surface area contributed by atoms with E-state index >= 15 is 0 Å². The summed E-state index contributed by atoms with van der Waals surface area (Å²) < 4.78 is 9.06. The van der Waals surface area contributed by atoms with E-state index in [-0.39, 0.29) is 28.7 Å². The van der Waals surface area contributed by atoms with E-state index in [0.29, 0.717) is 35.0 Å². The number of anilines is 1. The van der Waals surface area contributed by atoms with Crippen LogP contribution in [-0.4, -0.2) is 43.7 Å². The minimum atomic E-state index is -0.176. The summed E-state index contributed by atoms with van der Waals surface area (Å²) in [5.74, 6) is 0.597. The van der Waals surface area contributed by atoms with Crippen LogP contribution < -0.4 is 10.9 Å². The maximum absolute atomic E-state index is 13.2. The molecule has 1 N–H and O–H groups in total. The molecule has 9 heteroatoms. The number of thioether (sulfide) groups is 1. The highest BCUT2D eigenvalue weighted by molar-refractivity contribution is 7.99. The number of rotatable bonds is 6. The molecule has 3 heterocycles. The van der Waals surface area contributed by atoms with Gasteiger partial charge in [0.05, 0.1) is 35.0 Å². The SMILES string of the molecule is Cn1nc(C(C)(C)C)cc1NC(=O)CSc1nc2ccccc2c(=O)n1CC1CCCO1. The third kappa shape index (κ3) is 4.88. The maximum Gasteiger partial charge on any atom is 0.262 e. The van der Waals surface area contributed by atoms with E-state index in [4.69, 9.17) is 4.74 Å². The summed E-state index contributed by atoms with van der Waals surface area (Å²) in [5.41, 5.74) is 1.33. The monoisotopic (exact) mass is 455 g/mol. The van der Waals surface area contributed by atoms with Crippen molar-refractivity contribution in [2.45, 2.75) is 56.8 Å². The van der Waals surface area contributed by atoms with Crippen molar-refractivity contribution in [2.24, 2.45) is 7.05 Å². The Hall–Kier alpha value is -2.65. The van der Waals surface area contributed by atoms with Crippen LogP contribution >= 0.6 is 11.8 Å². The van der Waals surface area contributed by atoms with Crippen LogP contribution in [0.1, 0.15) is 39.3 Å². The molecule has 1 fully saturated rings. The van der Waals surface area contributed by atoms with Crippen LogP contribution in [0.15, 0.2) is 40.3 Å². The lowest BCUT2D eigenvalue weighted by molar-refractivity contribution is -0.113. The molecule has 0 aliphatic carbocycles. The topological polar surface area (TPSA) is 91.0 Å². The summed E-state index contributed by atoms with van der Waals surface area (Å²) >= 11 is 1.26. The van der Waals surface area contributed by atoms with Gasteiger partial charge in [-0.15, -0.1) is 0 Å². The highest BCUT2D eigenvalue weighted by atomic mass is 32.2. The van der Waals surface area contributed by atoms with Crippen molar-refractivity contribution in [3.05, 3.63) is 46.4 Å². The predicted molar refractivity (Wildman–Crippen MR) is 126 cm³/mol. The molecule has 0 bridgehead atoms. The number of nitrogens with one attached hydrogen (secondary N) is 1. The molecule has 1 atom stereocenters. The predicted octanol–water partition coefficient (Wildman–Crippen LogP) is 3.34. The smallest absolute Gasteiger partial charge is 0.262 e. The van der Waals surface area contributed by atoms with E-state index < -0.39 is 0 Å². The normalized spacial score (nSPS) is 16.6. The van der Waals surface area contributed by atoms with Gasteiger partial charge in [-0.2, -0.15) is 5.10 Å². The quantitative estimate of drug-likeness (QED) is 0.453. The molecule has 0 radical (unpaired) electrons. The van der Waals surface area contributed by atoms with Crippen molar-refractivity contribution in [1.29, 1.82) is 0 Å². The lowest BCUT2D eigenvalue weighted by Crippen LogP contribution is -2.29. The fourth-order valence-electron chi connectivity index (χ4n) is 3.67. The Morgan fingerprint density at radius 2 is 2.09 bits per heavy atom. The molecule has 3 aromatic rings. The summed E-state index contributed by atoms with van der Waals surface area (Å²) in [6, 6.07) is 9.19. The van der Waals surface area contributed by atoms with Crippen molar-refractivity contribution in [3.63, 3.8) is 0 Å².